The van der Waals surface area contributed by atoms with E-state index in [0.29, 0.717) is 5.56 Å². The number of benzene rings is 7. The molecule has 0 atom stereocenters. The lowest BCUT2D eigenvalue weighted by Crippen LogP contribution is -2.09. The van der Waals surface area contributed by atoms with Crippen LogP contribution in [0.1, 0.15) is 50.7 Å². The fourth-order valence-electron chi connectivity index (χ4n) is 7.26. The van der Waals surface area contributed by atoms with Crippen LogP contribution in [0.25, 0.3) is 72.3 Å². The molecule has 4 heteroatoms. The summed E-state index contributed by atoms with van der Waals surface area (Å²) in [4.78, 5) is 5.30. The molecule has 0 saturated carbocycles. The van der Waals surface area contributed by atoms with E-state index in [2.05, 4.69) is 129 Å². The normalized spacial score (nSPS) is 11.7. The summed E-state index contributed by atoms with van der Waals surface area (Å²) in [6, 6.07) is 47.9. The van der Waals surface area contributed by atoms with Gasteiger partial charge in [0.25, 0.3) is 0 Å². The fourth-order valence-corrected chi connectivity index (χ4v) is 7.26. The average molecular weight is 669 g/mol. The number of fused-ring (bicyclic) bond motifs is 2. The lowest BCUT2D eigenvalue weighted by molar-refractivity contribution is 0.603. The van der Waals surface area contributed by atoms with Crippen molar-refractivity contribution in [3.8, 4) is 50.5 Å². The highest BCUT2D eigenvalue weighted by molar-refractivity contribution is 5.98. The maximum absolute atomic E-state index is 15.2. The van der Waals surface area contributed by atoms with Crippen LogP contribution in [0.15, 0.2) is 146 Å². The first kappa shape index (κ1) is 32.3. The number of halogens is 2. The van der Waals surface area contributed by atoms with Crippen molar-refractivity contribution in [2.24, 2.45) is 0 Å². The first-order chi connectivity index (χ1) is 24.8. The number of aromatic nitrogens is 2. The third-order valence-electron chi connectivity index (χ3n) is 9.89. The number of hydrogen-bond acceptors (Lipinski definition) is 1. The van der Waals surface area contributed by atoms with Gasteiger partial charge in [-0.2, -0.15) is 0 Å². The van der Waals surface area contributed by atoms with Crippen molar-refractivity contribution in [3.63, 3.8) is 0 Å². The molecule has 7 aromatic carbocycles. The minimum atomic E-state index is -0.479. The van der Waals surface area contributed by atoms with Crippen molar-refractivity contribution < 1.29 is 8.78 Å². The van der Waals surface area contributed by atoms with E-state index < -0.39 is 11.6 Å². The van der Waals surface area contributed by atoms with Crippen molar-refractivity contribution in [2.45, 2.75) is 39.5 Å². The van der Waals surface area contributed by atoms with Gasteiger partial charge in [-0.25, -0.2) is 13.8 Å². The van der Waals surface area contributed by atoms with Gasteiger partial charge in [-0.15, -0.1) is 0 Å². The van der Waals surface area contributed by atoms with Crippen molar-refractivity contribution in [1.82, 2.24) is 9.55 Å². The van der Waals surface area contributed by atoms with Crippen LogP contribution in [0.3, 0.4) is 0 Å². The zero-order chi connectivity index (χ0) is 35.2. The van der Waals surface area contributed by atoms with Gasteiger partial charge in [0.2, 0.25) is 0 Å². The minimum absolute atomic E-state index is 0.169. The first-order valence-corrected chi connectivity index (χ1v) is 17.6. The van der Waals surface area contributed by atoms with Gasteiger partial charge in [-0.3, -0.25) is 4.57 Å². The Morgan fingerprint density at radius 1 is 0.510 bits per heavy atom. The average Bonchev–Trinajstić information content (AvgIpc) is 3.53. The van der Waals surface area contributed by atoms with Gasteiger partial charge in [0.05, 0.1) is 16.7 Å². The second kappa shape index (κ2) is 13.1. The third-order valence-corrected chi connectivity index (χ3v) is 9.89. The van der Waals surface area contributed by atoms with Crippen molar-refractivity contribution >= 4 is 21.8 Å². The quantitative estimate of drug-likeness (QED) is 0.165. The molecular formula is C47H38F2N2. The Balaban J connectivity index is 1.41. The fraction of sp³-hybridized carbons (Fsp3) is 0.128. The van der Waals surface area contributed by atoms with E-state index in [9.17, 15) is 4.39 Å². The van der Waals surface area contributed by atoms with E-state index >= 15 is 4.39 Å². The molecule has 250 valence electrons. The Morgan fingerprint density at radius 2 is 1.12 bits per heavy atom. The number of rotatable bonds is 7. The van der Waals surface area contributed by atoms with E-state index in [1.54, 1.807) is 0 Å². The monoisotopic (exact) mass is 668 g/mol. The Kier molecular flexibility index (Phi) is 8.31. The number of nitrogens with zero attached hydrogens (tertiary/aromatic N) is 2. The van der Waals surface area contributed by atoms with Crippen molar-refractivity contribution in [1.29, 1.82) is 0 Å². The highest BCUT2D eigenvalue weighted by Crippen LogP contribution is 2.42. The summed E-state index contributed by atoms with van der Waals surface area (Å²) >= 11 is 0. The molecule has 8 aromatic rings. The zero-order valence-corrected chi connectivity index (χ0v) is 29.2. The summed E-state index contributed by atoms with van der Waals surface area (Å²) in [6.07, 6.45) is 0. The molecule has 0 unspecified atom stereocenters. The summed E-state index contributed by atoms with van der Waals surface area (Å²) in [5.41, 5.74) is 11.6. The van der Waals surface area contributed by atoms with Crippen LogP contribution in [-0.2, 0) is 0 Å². The molecule has 0 bridgehead atoms. The second-order valence-corrected chi connectivity index (χ2v) is 13.9. The molecule has 1 heterocycles. The van der Waals surface area contributed by atoms with Gasteiger partial charge in [-0.05, 0) is 104 Å². The van der Waals surface area contributed by atoms with Gasteiger partial charge in [-0.1, -0.05) is 131 Å². The van der Waals surface area contributed by atoms with Crippen LogP contribution < -0.4 is 0 Å². The lowest BCUT2D eigenvalue weighted by atomic mass is 9.87. The molecule has 0 fully saturated rings. The Morgan fingerprint density at radius 3 is 1.82 bits per heavy atom. The summed E-state index contributed by atoms with van der Waals surface area (Å²) in [5.74, 6) is 0.199. The predicted octanol–water partition coefficient (Wildman–Crippen LogP) is 13.4. The van der Waals surface area contributed by atoms with Crippen LogP contribution in [0.4, 0.5) is 8.78 Å². The van der Waals surface area contributed by atoms with Gasteiger partial charge >= 0.3 is 0 Å². The van der Waals surface area contributed by atoms with Gasteiger partial charge in [0.1, 0.15) is 17.5 Å². The van der Waals surface area contributed by atoms with Crippen LogP contribution in [-0.4, -0.2) is 9.55 Å². The predicted molar refractivity (Wildman–Crippen MR) is 208 cm³/mol. The topological polar surface area (TPSA) is 17.8 Å². The largest absolute Gasteiger partial charge is 0.292 e. The van der Waals surface area contributed by atoms with Gasteiger partial charge in [0, 0.05) is 11.1 Å². The molecule has 8 rings (SSSR count). The molecule has 1 aromatic heterocycles. The lowest BCUT2D eigenvalue weighted by Gasteiger charge is -2.25. The highest BCUT2D eigenvalue weighted by Gasteiger charge is 2.25. The SMILES string of the molecule is CC(C)c1cc(-c2ccc(-c3ccccc3)cc2)cc(C(C)C)c1-n1c(-c2cccc3ccccc23)nc2ccc(-c3cc(F)ccc3F)cc21. The van der Waals surface area contributed by atoms with Gasteiger partial charge < -0.3 is 0 Å². The Bertz CT molecular complexity index is 2510. The van der Waals surface area contributed by atoms with E-state index in [0.717, 1.165) is 56.1 Å². The summed E-state index contributed by atoms with van der Waals surface area (Å²) in [5, 5.41) is 2.22. The molecule has 0 N–H and O–H groups in total. The highest BCUT2D eigenvalue weighted by atomic mass is 19.1. The molecule has 51 heavy (non-hydrogen) atoms. The smallest absolute Gasteiger partial charge is 0.146 e. The molecule has 0 amide bonds. The standard InChI is InChI=1S/C47H38F2N2/c1-29(2)40-25-36(33-19-17-32(18-20-33)31-11-6-5-7-12-31)26-41(30(3)4)46(40)51-45-27-35(42-28-37(48)22-23-43(42)49)21-24-44(45)50-47(51)39-16-10-14-34-13-8-9-15-38(34)39/h5-30H,1-4H3. The molecule has 0 radical (unpaired) electrons. The zero-order valence-electron chi connectivity index (χ0n) is 29.2. The first-order valence-electron chi connectivity index (χ1n) is 17.6. The molecule has 0 aliphatic carbocycles. The summed E-state index contributed by atoms with van der Waals surface area (Å²) in [7, 11) is 0. The maximum atomic E-state index is 15.2. The van der Waals surface area contributed by atoms with E-state index in [1.165, 1.54) is 34.4 Å². The van der Waals surface area contributed by atoms with Crippen LogP contribution in [0.2, 0.25) is 0 Å². The molecule has 2 nitrogen and oxygen atoms in total. The second-order valence-electron chi connectivity index (χ2n) is 13.9. The Hall–Kier alpha value is -5.87. The molecule has 0 aliphatic heterocycles. The number of hydrogen-bond donors (Lipinski definition) is 0. The third kappa shape index (κ3) is 5.91. The van der Waals surface area contributed by atoms with E-state index in [4.69, 9.17) is 4.98 Å². The number of imidazole rings is 1. The van der Waals surface area contributed by atoms with Crippen LogP contribution in [0.5, 0.6) is 0 Å². The summed E-state index contributed by atoms with van der Waals surface area (Å²) in [6.45, 7) is 8.93. The van der Waals surface area contributed by atoms with Crippen LogP contribution >= 0.6 is 0 Å². The molecule has 0 spiro atoms. The molecular weight excluding hydrogens is 631 g/mol. The molecule has 0 saturated heterocycles. The Labute approximate surface area is 297 Å². The maximum Gasteiger partial charge on any atom is 0.146 e. The van der Waals surface area contributed by atoms with Gasteiger partial charge in [0.15, 0.2) is 0 Å². The van der Waals surface area contributed by atoms with Crippen LogP contribution in [0, 0.1) is 11.6 Å². The van der Waals surface area contributed by atoms with E-state index in [1.807, 2.05) is 30.3 Å². The summed E-state index contributed by atoms with van der Waals surface area (Å²) < 4.78 is 31.9. The van der Waals surface area contributed by atoms with E-state index in [-0.39, 0.29) is 17.4 Å². The van der Waals surface area contributed by atoms with Crippen molar-refractivity contribution in [2.75, 3.05) is 0 Å². The minimum Gasteiger partial charge on any atom is -0.292 e. The van der Waals surface area contributed by atoms with Crippen molar-refractivity contribution in [3.05, 3.63) is 168 Å². The molecule has 0 aliphatic rings.